The van der Waals surface area contributed by atoms with Gasteiger partial charge in [-0.1, -0.05) is 12.1 Å². The van der Waals surface area contributed by atoms with E-state index in [0.717, 1.165) is 0 Å². The fraction of sp³-hybridized carbons (Fsp3) is 0. The highest BCUT2D eigenvalue weighted by atomic mass is 127. The number of nitrogens with one attached hydrogen (secondary N) is 1. The lowest BCUT2D eigenvalue weighted by Gasteiger charge is -1.85. The molecule has 56 valence electrons. The van der Waals surface area contributed by atoms with E-state index in [2.05, 4.69) is 23.2 Å². The number of hydrogen-bond acceptors (Lipinski definition) is 0. The molecule has 2 aromatic rings. The molecular weight excluding hydrogens is 249 g/mol. The van der Waals surface area contributed by atoms with Gasteiger partial charge in [0.1, 0.15) is 0 Å². The highest BCUT2D eigenvalue weighted by Crippen LogP contribution is 2.04. The van der Waals surface area contributed by atoms with Gasteiger partial charge < -0.3 is 24.0 Å². The first-order chi connectivity index (χ1) is 4.97. The van der Waals surface area contributed by atoms with Crippen molar-refractivity contribution < 1.29 is 29.0 Å². The van der Waals surface area contributed by atoms with Gasteiger partial charge in [-0.25, -0.2) is 4.98 Å². The van der Waals surface area contributed by atoms with Crippen LogP contribution in [-0.4, -0.2) is 0 Å². The van der Waals surface area contributed by atoms with Crippen LogP contribution in [0.1, 0.15) is 0 Å². The smallest absolute Gasteiger partial charge is 0.210 e. The normalized spacial score (nSPS) is 9.09. The first kappa shape index (κ1) is 8.46. The standard InChI is InChI=1S/C9H7N.HI/c1-2-6-9-8(4-1)5-3-7-10-9;/h1-7H;1H. The minimum atomic E-state index is 0. The molecule has 0 atom stereocenters. The third-order valence-corrected chi connectivity index (χ3v) is 1.57. The Labute approximate surface area is 82.5 Å². The van der Waals surface area contributed by atoms with E-state index >= 15 is 0 Å². The molecule has 0 saturated carbocycles. The molecule has 0 unspecified atom stereocenters. The molecule has 1 aromatic carbocycles. The van der Waals surface area contributed by atoms with Crippen LogP contribution in [0.2, 0.25) is 0 Å². The van der Waals surface area contributed by atoms with Crippen LogP contribution in [0.3, 0.4) is 0 Å². The van der Waals surface area contributed by atoms with E-state index in [-0.39, 0.29) is 24.0 Å². The van der Waals surface area contributed by atoms with Crippen LogP contribution >= 0.6 is 0 Å². The lowest BCUT2D eigenvalue weighted by atomic mass is 10.2. The van der Waals surface area contributed by atoms with Gasteiger partial charge in [0.2, 0.25) is 5.52 Å². The van der Waals surface area contributed by atoms with Gasteiger partial charge in [0.25, 0.3) is 0 Å². The van der Waals surface area contributed by atoms with Crippen LogP contribution in [0, 0.1) is 0 Å². The molecule has 0 radical (unpaired) electrons. The third-order valence-electron chi connectivity index (χ3n) is 1.57. The van der Waals surface area contributed by atoms with Gasteiger partial charge in [0, 0.05) is 17.5 Å². The molecule has 0 aliphatic rings. The highest BCUT2D eigenvalue weighted by Gasteiger charge is 1.92. The Morgan fingerprint density at radius 2 is 1.64 bits per heavy atom. The van der Waals surface area contributed by atoms with Crippen molar-refractivity contribution in [2.45, 2.75) is 0 Å². The van der Waals surface area contributed by atoms with Gasteiger partial charge in [-0.05, 0) is 12.1 Å². The number of fused-ring (bicyclic) bond motifs is 1. The molecule has 0 aliphatic heterocycles. The average molecular weight is 257 g/mol. The van der Waals surface area contributed by atoms with Crippen LogP contribution < -0.4 is 29.0 Å². The Hall–Kier alpha value is -0.640. The number of para-hydroxylation sites is 1. The minimum absolute atomic E-state index is 0. The molecule has 2 rings (SSSR count). The summed E-state index contributed by atoms with van der Waals surface area (Å²) in [5.41, 5.74) is 1.19. The SMILES string of the molecule is [I-].c1ccc2[nH+]cccc2c1. The second-order valence-corrected chi connectivity index (χ2v) is 2.26. The number of hydrogen-bond donors (Lipinski definition) is 0. The molecule has 0 fully saturated rings. The first-order valence-electron chi connectivity index (χ1n) is 3.32. The quantitative estimate of drug-likeness (QED) is 0.519. The highest BCUT2D eigenvalue weighted by molar-refractivity contribution is 5.74. The van der Waals surface area contributed by atoms with Gasteiger partial charge in [-0.2, -0.15) is 0 Å². The molecule has 1 aromatic heterocycles. The lowest BCUT2D eigenvalue weighted by Crippen LogP contribution is -3.00. The van der Waals surface area contributed by atoms with E-state index in [1.165, 1.54) is 10.9 Å². The van der Waals surface area contributed by atoms with E-state index in [1.807, 2.05) is 24.4 Å². The van der Waals surface area contributed by atoms with Crippen molar-refractivity contribution in [1.82, 2.24) is 0 Å². The predicted octanol–water partition coefficient (Wildman–Crippen LogP) is -1.34. The molecule has 0 bridgehead atoms. The Bertz CT molecular complexity index is 281. The van der Waals surface area contributed by atoms with Gasteiger partial charge in [-0.3, -0.25) is 0 Å². The number of halogens is 1. The average Bonchev–Trinajstić information content (AvgIpc) is 2.05. The molecule has 0 aliphatic carbocycles. The second kappa shape index (κ2) is 3.67. The van der Waals surface area contributed by atoms with Gasteiger partial charge in [-0.15, -0.1) is 0 Å². The third kappa shape index (κ3) is 1.68. The van der Waals surface area contributed by atoms with Crippen molar-refractivity contribution in [3.05, 3.63) is 42.6 Å². The maximum atomic E-state index is 3.15. The predicted molar refractivity (Wildman–Crippen MR) is 40.5 cm³/mol. The number of benzene rings is 1. The topological polar surface area (TPSA) is 14.1 Å². The van der Waals surface area contributed by atoms with E-state index in [9.17, 15) is 0 Å². The van der Waals surface area contributed by atoms with E-state index in [1.54, 1.807) is 0 Å². The summed E-state index contributed by atoms with van der Waals surface area (Å²) >= 11 is 0. The van der Waals surface area contributed by atoms with Crippen LogP contribution in [0.25, 0.3) is 10.9 Å². The molecule has 11 heavy (non-hydrogen) atoms. The summed E-state index contributed by atoms with van der Waals surface area (Å²) in [5.74, 6) is 0. The lowest BCUT2D eigenvalue weighted by molar-refractivity contribution is -0.344. The molecule has 2 heteroatoms. The summed E-state index contributed by atoms with van der Waals surface area (Å²) in [5, 5.41) is 1.25. The summed E-state index contributed by atoms with van der Waals surface area (Å²) in [6, 6.07) is 12.3. The van der Waals surface area contributed by atoms with Crippen molar-refractivity contribution >= 4 is 10.9 Å². The van der Waals surface area contributed by atoms with Crippen molar-refractivity contribution in [3.63, 3.8) is 0 Å². The molecule has 1 nitrogen and oxygen atoms in total. The number of H-pyrrole nitrogens is 1. The zero-order valence-electron chi connectivity index (χ0n) is 5.92. The number of aromatic amines is 1. The maximum absolute atomic E-state index is 3.15. The molecular formula is C9H8IN. The summed E-state index contributed by atoms with van der Waals surface area (Å²) in [6.07, 6.45) is 1.93. The molecule has 1 N–H and O–H groups in total. The zero-order valence-corrected chi connectivity index (χ0v) is 8.08. The fourth-order valence-electron chi connectivity index (χ4n) is 1.06. The van der Waals surface area contributed by atoms with Gasteiger partial charge >= 0.3 is 0 Å². The Morgan fingerprint density at radius 1 is 0.909 bits per heavy atom. The van der Waals surface area contributed by atoms with E-state index < -0.39 is 0 Å². The van der Waals surface area contributed by atoms with Crippen molar-refractivity contribution in [2.24, 2.45) is 0 Å². The number of pyridine rings is 1. The summed E-state index contributed by atoms with van der Waals surface area (Å²) in [7, 11) is 0. The van der Waals surface area contributed by atoms with Crippen molar-refractivity contribution in [1.29, 1.82) is 0 Å². The first-order valence-corrected chi connectivity index (χ1v) is 3.32. The zero-order chi connectivity index (χ0) is 6.81. The molecule has 0 saturated heterocycles. The van der Waals surface area contributed by atoms with Crippen LogP contribution in [0.5, 0.6) is 0 Å². The Kier molecular flexibility index (Phi) is 2.82. The van der Waals surface area contributed by atoms with E-state index in [4.69, 9.17) is 0 Å². The van der Waals surface area contributed by atoms with Crippen LogP contribution in [0.15, 0.2) is 42.6 Å². The molecule has 0 spiro atoms. The summed E-state index contributed by atoms with van der Waals surface area (Å²) in [4.78, 5) is 3.15. The van der Waals surface area contributed by atoms with Crippen molar-refractivity contribution in [2.75, 3.05) is 0 Å². The monoisotopic (exact) mass is 257 g/mol. The van der Waals surface area contributed by atoms with Gasteiger partial charge in [0.15, 0.2) is 6.20 Å². The Balaban J connectivity index is 0.000000605. The van der Waals surface area contributed by atoms with Crippen LogP contribution in [-0.2, 0) is 0 Å². The number of rotatable bonds is 0. The van der Waals surface area contributed by atoms with Crippen LogP contribution in [0.4, 0.5) is 0 Å². The van der Waals surface area contributed by atoms with Crippen molar-refractivity contribution in [3.8, 4) is 0 Å². The maximum Gasteiger partial charge on any atom is 0.210 e. The Morgan fingerprint density at radius 3 is 2.45 bits per heavy atom. The molecule has 1 heterocycles. The summed E-state index contributed by atoms with van der Waals surface area (Å²) in [6.45, 7) is 0. The minimum Gasteiger partial charge on any atom is -1.00 e. The summed E-state index contributed by atoms with van der Waals surface area (Å²) < 4.78 is 0. The number of aromatic nitrogens is 1. The largest absolute Gasteiger partial charge is 1.00 e. The molecule has 0 amide bonds. The van der Waals surface area contributed by atoms with E-state index in [0.29, 0.717) is 0 Å². The fourth-order valence-corrected chi connectivity index (χ4v) is 1.06. The van der Waals surface area contributed by atoms with Gasteiger partial charge in [0.05, 0.1) is 0 Å². The second-order valence-electron chi connectivity index (χ2n) is 2.26.